The van der Waals surface area contributed by atoms with Crippen molar-refractivity contribution >= 4 is 40.8 Å². The van der Waals surface area contributed by atoms with Crippen LogP contribution >= 0.6 is 23.2 Å². The maximum absolute atomic E-state index is 6.16. The Bertz CT molecular complexity index is 583. The zero-order valence-electron chi connectivity index (χ0n) is 11.2. The van der Waals surface area contributed by atoms with Crippen LogP contribution in [-0.2, 0) is 0 Å². The van der Waals surface area contributed by atoms with Gasteiger partial charge in [-0.25, -0.2) is 0 Å². The fourth-order valence-electron chi connectivity index (χ4n) is 1.62. The summed E-state index contributed by atoms with van der Waals surface area (Å²) in [5, 5.41) is 6.88. The van der Waals surface area contributed by atoms with E-state index < -0.39 is 0 Å². The fourth-order valence-corrected chi connectivity index (χ4v) is 2.05. The van der Waals surface area contributed by atoms with Crippen molar-refractivity contribution < 1.29 is 0 Å². The van der Waals surface area contributed by atoms with Gasteiger partial charge in [-0.2, -0.15) is 15.0 Å². The first-order valence-corrected chi connectivity index (χ1v) is 7.03. The van der Waals surface area contributed by atoms with Gasteiger partial charge in [0.15, 0.2) is 0 Å². The topological polar surface area (TPSA) is 62.7 Å². The van der Waals surface area contributed by atoms with Crippen LogP contribution < -0.4 is 10.6 Å². The van der Waals surface area contributed by atoms with Crippen LogP contribution in [0.25, 0.3) is 0 Å². The number of aromatic nitrogens is 3. The van der Waals surface area contributed by atoms with Crippen molar-refractivity contribution in [2.75, 3.05) is 17.2 Å². The molecule has 0 amide bonds. The van der Waals surface area contributed by atoms with Gasteiger partial charge in [-0.05, 0) is 36.6 Å². The van der Waals surface area contributed by atoms with Gasteiger partial charge in [0, 0.05) is 6.54 Å². The molecule has 1 aromatic heterocycles. The van der Waals surface area contributed by atoms with Crippen LogP contribution in [0.4, 0.5) is 17.6 Å². The van der Waals surface area contributed by atoms with Crippen molar-refractivity contribution in [1.29, 1.82) is 0 Å². The molecule has 0 radical (unpaired) electrons. The number of benzene rings is 1. The molecule has 0 aliphatic carbocycles. The average molecular weight is 312 g/mol. The van der Waals surface area contributed by atoms with E-state index in [1.54, 1.807) is 6.07 Å². The Morgan fingerprint density at radius 3 is 2.55 bits per heavy atom. The summed E-state index contributed by atoms with van der Waals surface area (Å²) in [6.07, 6.45) is 0.968. The Labute approximate surface area is 127 Å². The van der Waals surface area contributed by atoms with Crippen molar-refractivity contribution in [2.45, 2.75) is 20.3 Å². The van der Waals surface area contributed by atoms with E-state index in [9.17, 15) is 0 Å². The van der Waals surface area contributed by atoms with Gasteiger partial charge in [-0.1, -0.05) is 30.7 Å². The molecule has 0 saturated heterocycles. The second-order valence-corrected chi connectivity index (χ2v) is 4.98. The number of halogens is 2. The van der Waals surface area contributed by atoms with E-state index in [2.05, 4.69) is 32.5 Å². The van der Waals surface area contributed by atoms with Gasteiger partial charge < -0.3 is 10.6 Å². The molecular formula is C13H15Cl2N5. The molecule has 7 heteroatoms. The summed E-state index contributed by atoms with van der Waals surface area (Å²) in [6.45, 7) is 4.78. The molecule has 0 fully saturated rings. The molecule has 0 aliphatic heterocycles. The van der Waals surface area contributed by atoms with Crippen LogP contribution in [0.15, 0.2) is 18.2 Å². The maximum Gasteiger partial charge on any atom is 0.233 e. The number of nitrogens with one attached hydrogen (secondary N) is 2. The fraction of sp³-hybridized carbons (Fsp3) is 0.308. The predicted molar refractivity (Wildman–Crippen MR) is 83.1 cm³/mol. The third kappa shape index (κ3) is 3.71. The first-order chi connectivity index (χ1) is 9.60. The lowest BCUT2D eigenvalue weighted by Crippen LogP contribution is -2.08. The van der Waals surface area contributed by atoms with Crippen LogP contribution in [0.3, 0.4) is 0 Å². The van der Waals surface area contributed by atoms with E-state index in [0.29, 0.717) is 16.9 Å². The van der Waals surface area contributed by atoms with Crippen LogP contribution in [0, 0.1) is 6.92 Å². The molecule has 5 nitrogen and oxygen atoms in total. The summed E-state index contributed by atoms with van der Waals surface area (Å²) in [6, 6.07) is 5.64. The van der Waals surface area contributed by atoms with E-state index in [4.69, 9.17) is 23.2 Å². The molecule has 2 aromatic rings. The largest absolute Gasteiger partial charge is 0.354 e. The Balaban J connectivity index is 2.27. The highest BCUT2D eigenvalue weighted by molar-refractivity contribution is 6.33. The van der Waals surface area contributed by atoms with Gasteiger partial charge in [0.2, 0.25) is 17.2 Å². The highest BCUT2D eigenvalue weighted by Gasteiger charge is 2.08. The molecule has 1 aromatic carbocycles. The Hall–Kier alpha value is -1.59. The minimum absolute atomic E-state index is 0.130. The minimum atomic E-state index is 0.130. The second-order valence-electron chi connectivity index (χ2n) is 4.24. The van der Waals surface area contributed by atoms with E-state index in [0.717, 1.165) is 24.2 Å². The molecule has 0 unspecified atom stereocenters. The van der Waals surface area contributed by atoms with Gasteiger partial charge in [-0.15, -0.1) is 0 Å². The summed E-state index contributed by atoms with van der Waals surface area (Å²) in [4.78, 5) is 12.3. The minimum Gasteiger partial charge on any atom is -0.354 e. The summed E-state index contributed by atoms with van der Waals surface area (Å²) >= 11 is 12.1. The lowest BCUT2D eigenvalue weighted by Gasteiger charge is -2.11. The molecule has 20 heavy (non-hydrogen) atoms. The van der Waals surface area contributed by atoms with Crippen molar-refractivity contribution in [3.8, 4) is 0 Å². The van der Waals surface area contributed by atoms with E-state index >= 15 is 0 Å². The van der Waals surface area contributed by atoms with Gasteiger partial charge in [0.1, 0.15) is 0 Å². The average Bonchev–Trinajstić information content (AvgIpc) is 2.40. The summed E-state index contributed by atoms with van der Waals surface area (Å²) in [5.74, 6) is 0.804. The summed E-state index contributed by atoms with van der Waals surface area (Å²) < 4.78 is 0. The maximum atomic E-state index is 6.16. The Morgan fingerprint density at radius 2 is 1.85 bits per heavy atom. The molecule has 2 rings (SSSR count). The molecular weight excluding hydrogens is 297 g/mol. The Morgan fingerprint density at radius 1 is 1.10 bits per heavy atom. The summed E-state index contributed by atoms with van der Waals surface area (Å²) in [7, 11) is 0. The third-order valence-electron chi connectivity index (χ3n) is 2.60. The highest BCUT2D eigenvalue weighted by Crippen LogP contribution is 2.27. The third-order valence-corrected chi connectivity index (χ3v) is 3.08. The molecule has 0 atom stereocenters. The number of hydrogen-bond donors (Lipinski definition) is 2. The number of hydrogen-bond acceptors (Lipinski definition) is 5. The first kappa shape index (κ1) is 14.8. The van der Waals surface area contributed by atoms with Gasteiger partial charge >= 0.3 is 0 Å². The second kappa shape index (κ2) is 6.72. The Kier molecular flexibility index (Phi) is 4.98. The van der Waals surface area contributed by atoms with Crippen molar-refractivity contribution in [2.24, 2.45) is 0 Å². The lowest BCUT2D eigenvalue weighted by atomic mass is 10.2. The molecule has 106 valence electrons. The van der Waals surface area contributed by atoms with Crippen molar-refractivity contribution in [3.05, 3.63) is 34.1 Å². The molecule has 0 aliphatic rings. The van der Waals surface area contributed by atoms with Crippen LogP contribution in [0.1, 0.15) is 18.9 Å². The van der Waals surface area contributed by atoms with Crippen LogP contribution in [0.2, 0.25) is 10.3 Å². The number of nitrogens with zero attached hydrogens (tertiary/aromatic N) is 3. The highest BCUT2D eigenvalue weighted by atomic mass is 35.5. The smallest absolute Gasteiger partial charge is 0.233 e. The number of aryl methyl sites for hydroxylation is 1. The normalized spacial score (nSPS) is 10.4. The molecule has 0 saturated carbocycles. The van der Waals surface area contributed by atoms with Crippen molar-refractivity contribution in [1.82, 2.24) is 15.0 Å². The first-order valence-electron chi connectivity index (χ1n) is 6.27. The van der Waals surface area contributed by atoms with Crippen LogP contribution in [0.5, 0.6) is 0 Å². The SMILES string of the molecule is CCCNc1nc(Cl)nc(Nc2c(C)cccc2Cl)n1. The van der Waals surface area contributed by atoms with E-state index in [-0.39, 0.29) is 5.28 Å². The zero-order valence-corrected chi connectivity index (χ0v) is 12.8. The monoisotopic (exact) mass is 311 g/mol. The quantitative estimate of drug-likeness (QED) is 0.872. The zero-order chi connectivity index (χ0) is 14.5. The van der Waals surface area contributed by atoms with Gasteiger partial charge in [0.25, 0.3) is 0 Å². The number of anilines is 3. The lowest BCUT2D eigenvalue weighted by molar-refractivity contribution is 0.940. The van der Waals surface area contributed by atoms with E-state index in [1.165, 1.54) is 0 Å². The predicted octanol–water partition coefficient (Wildman–Crippen LogP) is 4.05. The van der Waals surface area contributed by atoms with Gasteiger partial charge in [0.05, 0.1) is 10.7 Å². The van der Waals surface area contributed by atoms with Crippen LogP contribution in [-0.4, -0.2) is 21.5 Å². The summed E-state index contributed by atoms with van der Waals surface area (Å²) in [5.41, 5.74) is 1.76. The molecule has 0 bridgehead atoms. The molecule has 0 spiro atoms. The van der Waals surface area contributed by atoms with Gasteiger partial charge in [-0.3, -0.25) is 0 Å². The molecule has 1 heterocycles. The number of rotatable bonds is 5. The number of para-hydroxylation sites is 1. The standard InChI is InChI=1S/C13H15Cl2N5/c1-3-7-16-12-18-11(15)19-13(20-12)17-10-8(2)5-4-6-9(10)14/h4-6H,3,7H2,1-2H3,(H2,16,17,18,19,20). The van der Waals surface area contributed by atoms with E-state index in [1.807, 2.05) is 19.1 Å². The van der Waals surface area contributed by atoms with Crippen molar-refractivity contribution in [3.63, 3.8) is 0 Å². The molecule has 2 N–H and O–H groups in total.